The van der Waals surface area contributed by atoms with Crippen LogP contribution in [0.5, 0.6) is 0 Å². The maximum atomic E-state index is 11.5. The van der Waals surface area contributed by atoms with Gasteiger partial charge in [-0.2, -0.15) is 0 Å². The van der Waals surface area contributed by atoms with Crippen molar-refractivity contribution in [1.29, 1.82) is 0 Å². The molecule has 0 saturated heterocycles. The highest BCUT2D eigenvalue weighted by atomic mass is 16.5. The van der Waals surface area contributed by atoms with Crippen LogP contribution in [0.25, 0.3) is 10.9 Å². The summed E-state index contributed by atoms with van der Waals surface area (Å²) in [6, 6.07) is 15.6. The first-order valence-electron chi connectivity index (χ1n) is 9.45. The fourth-order valence-electron chi connectivity index (χ4n) is 3.03. The number of hydrogen-bond acceptors (Lipinski definition) is 3. The van der Waals surface area contributed by atoms with Gasteiger partial charge in [-0.05, 0) is 42.7 Å². The van der Waals surface area contributed by atoms with E-state index in [-0.39, 0.29) is 5.97 Å². The van der Waals surface area contributed by atoms with E-state index in [1.165, 1.54) is 18.1 Å². The summed E-state index contributed by atoms with van der Waals surface area (Å²) in [6.07, 6.45) is 2.97. The van der Waals surface area contributed by atoms with Crippen molar-refractivity contribution < 1.29 is 9.53 Å². The highest BCUT2D eigenvalue weighted by Crippen LogP contribution is 2.17. The predicted octanol–water partition coefficient (Wildman–Crippen LogP) is 3.25. The monoisotopic (exact) mass is 378 g/mol. The summed E-state index contributed by atoms with van der Waals surface area (Å²) in [5.41, 5.74) is 4.02. The number of rotatable bonds is 7. The van der Waals surface area contributed by atoms with Crippen LogP contribution in [0, 0.1) is 0 Å². The highest BCUT2D eigenvalue weighted by Gasteiger charge is 2.05. The standard InChI is InChI=1S/C22H26N4O2/c1-3-23-22(26-14-16-8-10-17(11-9-16)21(27)28-2)24-13-12-18-15-25-20-7-5-4-6-19(18)20/h4-11,15,25H,3,12-14H2,1-2H3,(H2,23,24,26). The molecule has 2 aromatic carbocycles. The third kappa shape index (κ3) is 4.91. The molecule has 0 radical (unpaired) electrons. The van der Waals surface area contributed by atoms with Crippen LogP contribution in [0.2, 0.25) is 0 Å². The Labute approximate surface area is 165 Å². The van der Waals surface area contributed by atoms with E-state index in [9.17, 15) is 4.79 Å². The number of hydrogen-bond donors (Lipinski definition) is 3. The molecular weight excluding hydrogens is 352 g/mol. The summed E-state index contributed by atoms with van der Waals surface area (Å²) >= 11 is 0. The van der Waals surface area contributed by atoms with Crippen molar-refractivity contribution in [2.45, 2.75) is 19.9 Å². The van der Waals surface area contributed by atoms with Crippen molar-refractivity contribution >= 4 is 22.8 Å². The number of nitrogens with one attached hydrogen (secondary N) is 3. The van der Waals surface area contributed by atoms with Gasteiger partial charge < -0.3 is 20.4 Å². The lowest BCUT2D eigenvalue weighted by Crippen LogP contribution is -2.38. The Morgan fingerprint density at radius 3 is 2.64 bits per heavy atom. The molecular formula is C22H26N4O2. The maximum absolute atomic E-state index is 11.5. The van der Waals surface area contributed by atoms with Crippen molar-refractivity contribution in [3.63, 3.8) is 0 Å². The lowest BCUT2D eigenvalue weighted by atomic mass is 10.1. The number of carbonyl (C=O) groups is 1. The molecule has 3 aromatic rings. The summed E-state index contributed by atoms with van der Waals surface area (Å²) in [5.74, 6) is 0.446. The Hall–Kier alpha value is -3.28. The van der Waals surface area contributed by atoms with Gasteiger partial charge in [-0.1, -0.05) is 30.3 Å². The van der Waals surface area contributed by atoms with Gasteiger partial charge in [-0.15, -0.1) is 0 Å². The molecule has 3 rings (SSSR count). The molecule has 1 aromatic heterocycles. The minimum absolute atomic E-state index is 0.331. The van der Waals surface area contributed by atoms with Crippen LogP contribution in [0.15, 0.2) is 59.7 Å². The molecule has 0 spiro atoms. The molecule has 6 nitrogen and oxygen atoms in total. The largest absolute Gasteiger partial charge is 0.465 e. The molecule has 0 saturated carbocycles. The number of aromatic nitrogens is 1. The molecule has 0 unspecified atom stereocenters. The first-order valence-corrected chi connectivity index (χ1v) is 9.45. The fraction of sp³-hybridized carbons (Fsp3) is 0.273. The minimum Gasteiger partial charge on any atom is -0.465 e. The summed E-state index contributed by atoms with van der Waals surface area (Å²) < 4.78 is 4.72. The van der Waals surface area contributed by atoms with Crippen LogP contribution in [-0.4, -0.2) is 37.1 Å². The third-order valence-electron chi connectivity index (χ3n) is 4.50. The number of para-hydroxylation sites is 1. The second-order valence-electron chi connectivity index (χ2n) is 6.42. The number of nitrogens with zero attached hydrogens (tertiary/aromatic N) is 1. The summed E-state index contributed by atoms with van der Waals surface area (Å²) in [7, 11) is 1.38. The SMILES string of the molecule is CCNC(=NCc1ccc(C(=O)OC)cc1)NCCc1c[nH]c2ccccc12. The lowest BCUT2D eigenvalue weighted by Gasteiger charge is -2.11. The van der Waals surface area contributed by atoms with Gasteiger partial charge in [0.25, 0.3) is 0 Å². The smallest absolute Gasteiger partial charge is 0.337 e. The number of aromatic amines is 1. The number of carbonyl (C=O) groups excluding carboxylic acids is 1. The van der Waals surface area contributed by atoms with E-state index < -0.39 is 0 Å². The first-order chi connectivity index (χ1) is 13.7. The molecule has 0 bridgehead atoms. The van der Waals surface area contributed by atoms with Gasteiger partial charge in [-0.25, -0.2) is 9.79 Å². The van der Waals surface area contributed by atoms with E-state index >= 15 is 0 Å². The van der Waals surface area contributed by atoms with Crippen LogP contribution < -0.4 is 10.6 Å². The van der Waals surface area contributed by atoms with Crippen LogP contribution >= 0.6 is 0 Å². The molecule has 28 heavy (non-hydrogen) atoms. The van der Waals surface area contributed by atoms with Crippen LogP contribution in [0.1, 0.15) is 28.4 Å². The number of H-pyrrole nitrogens is 1. The van der Waals surface area contributed by atoms with E-state index in [4.69, 9.17) is 4.74 Å². The van der Waals surface area contributed by atoms with Gasteiger partial charge in [0.05, 0.1) is 19.2 Å². The molecule has 0 aliphatic carbocycles. The topological polar surface area (TPSA) is 78.5 Å². The molecule has 0 atom stereocenters. The van der Waals surface area contributed by atoms with Gasteiger partial charge in [0.15, 0.2) is 5.96 Å². The second-order valence-corrected chi connectivity index (χ2v) is 6.42. The van der Waals surface area contributed by atoms with Crippen molar-refractivity contribution in [3.8, 4) is 0 Å². The number of guanidine groups is 1. The van der Waals surface area contributed by atoms with Gasteiger partial charge in [0, 0.05) is 30.2 Å². The van der Waals surface area contributed by atoms with Crippen molar-refractivity contribution in [2.75, 3.05) is 20.2 Å². The van der Waals surface area contributed by atoms with Crippen LogP contribution in [0.4, 0.5) is 0 Å². The van der Waals surface area contributed by atoms with Crippen molar-refractivity contribution in [3.05, 3.63) is 71.4 Å². The third-order valence-corrected chi connectivity index (χ3v) is 4.50. The summed E-state index contributed by atoms with van der Waals surface area (Å²) in [6.45, 7) is 4.15. The minimum atomic E-state index is -0.331. The van der Waals surface area contributed by atoms with E-state index in [1.807, 2.05) is 25.1 Å². The zero-order chi connectivity index (χ0) is 19.8. The van der Waals surface area contributed by atoms with Crippen LogP contribution in [-0.2, 0) is 17.7 Å². The number of fused-ring (bicyclic) bond motifs is 1. The average Bonchev–Trinajstić information content (AvgIpc) is 3.15. The quantitative estimate of drug-likeness (QED) is 0.335. The van der Waals surface area contributed by atoms with E-state index in [2.05, 4.69) is 45.0 Å². The average molecular weight is 378 g/mol. The van der Waals surface area contributed by atoms with Crippen LogP contribution in [0.3, 0.4) is 0 Å². The number of esters is 1. The Morgan fingerprint density at radius 2 is 1.89 bits per heavy atom. The first kappa shape index (κ1) is 19.5. The lowest BCUT2D eigenvalue weighted by molar-refractivity contribution is 0.0600. The summed E-state index contributed by atoms with van der Waals surface area (Å²) in [5, 5.41) is 7.91. The normalized spacial score (nSPS) is 11.4. The van der Waals surface area contributed by atoms with E-state index in [0.717, 1.165) is 36.6 Å². The predicted molar refractivity (Wildman–Crippen MR) is 113 cm³/mol. The molecule has 146 valence electrons. The molecule has 0 aliphatic heterocycles. The Morgan fingerprint density at radius 1 is 1.11 bits per heavy atom. The number of ether oxygens (including phenoxy) is 1. The second kappa shape index (κ2) is 9.60. The molecule has 6 heteroatoms. The summed E-state index contributed by atoms with van der Waals surface area (Å²) in [4.78, 5) is 19.4. The molecule has 1 heterocycles. The molecule has 0 amide bonds. The molecule has 0 aliphatic rings. The Balaban J connectivity index is 1.57. The maximum Gasteiger partial charge on any atom is 0.337 e. The van der Waals surface area contributed by atoms with E-state index in [1.54, 1.807) is 12.1 Å². The zero-order valence-electron chi connectivity index (χ0n) is 16.3. The molecule has 0 fully saturated rings. The van der Waals surface area contributed by atoms with Gasteiger partial charge >= 0.3 is 5.97 Å². The molecule has 3 N–H and O–H groups in total. The number of aliphatic imine (C=N–C) groups is 1. The van der Waals surface area contributed by atoms with Gasteiger partial charge in [0.2, 0.25) is 0 Å². The van der Waals surface area contributed by atoms with Gasteiger partial charge in [-0.3, -0.25) is 0 Å². The zero-order valence-corrected chi connectivity index (χ0v) is 16.3. The fourth-order valence-corrected chi connectivity index (χ4v) is 3.03. The van der Waals surface area contributed by atoms with E-state index in [0.29, 0.717) is 12.1 Å². The van der Waals surface area contributed by atoms with Crippen molar-refractivity contribution in [1.82, 2.24) is 15.6 Å². The van der Waals surface area contributed by atoms with Crippen molar-refractivity contribution in [2.24, 2.45) is 4.99 Å². The number of benzene rings is 2. The highest BCUT2D eigenvalue weighted by molar-refractivity contribution is 5.89. The number of methoxy groups -OCH3 is 1. The Bertz CT molecular complexity index is 945. The Kier molecular flexibility index (Phi) is 6.68. The van der Waals surface area contributed by atoms with Gasteiger partial charge in [0.1, 0.15) is 0 Å².